The lowest BCUT2D eigenvalue weighted by Crippen LogP contribution is -2.50. The van der Waals surface area contributed by atoms with Crippen LogP contribution in [0.2, 0.25) is 0 Å². The minimum Gasteiger partial charge on any atom is -0.335 e. The quantitative estimate of drug-likeness (QED) is 0.752. The van der Waals surface area contributed by atoms with Gasteiger partial charge in [-0.1, -0.05) is 31.4 Å². The van der Waals surface area contributed by atoms with Gasteiger partial charge < -0.3 is 4.90 Å². The summed E-state index contributed by atoms with van der Waals surface area (Å²) < 4.78 is 23.6. The van der Waals surface area contributed by atoms with Gasteiger partial charge in [0, 0.05) is 18.0 Å². The van der Waals surface area contributed by atoms with Gasteiger partial charge in [-0.2, -0.15) is 0 Å². The van der Waals surface area contributed by atoms with E-state index in [0.717, 1.165) is 38.5 Å². The van der Waals surface area contributed by atoms with Gasteiger partial charge in [-0.05, 0) is 32.1 Å². The van der Waals surface area contributed by atoms with Gasteiger partial charge >= 0.3 is 0 Å². The Bertz CT molecular complexity index is 512. The average molecular weight is 311 g/mol. The van der Waals surface area contributed by atoms with Gasteiger partial charge in [0.25, 0.3) is 0 Å². The summed E-state index contributed by atoms with van der Waals surface area (Å²) in [5, 5.41) is 0. The van der Waals surface area contributed by atoms with E-state index >= 15 is 0 Å². The summed E-state index contributed by atoms with van der Waals surface area (Å²) in [5.41, 5.74) is 0. The molecule has 0 aromatic carbocycles. The van der Waals surface area contributed by atoms with E-state index in [-0.39, 0.29) is 35.4 Å². The Labute approximate surface area is 127 Å². The number of nitrogens with zero attached hydrogens (tertiary/aromatic N) is 1. The molecule has 0 N–H and O–H groups in total. The van der Waals surface area contributed by atoms with Crippen molar-refractivity contribution in [1.29, 1.82) is 0 Å². The third-order valence-electron chi connectivity index (χ3n) is 5.18. The van der Waals surface area contributed by atoms with Crippen LogP contribution in [0.3, 0.4) is 0 Å². The number of allylic oxidation sites excluding steroid dienone is 2. The first-order valence-corrected chi connectivity index (χ1v) is 10.1. The van der Waals surface area contributed by atoms with E-state index in [0.29, 0.717) is 6.42 Å². The fourth-order valence-electron chi connectivity index (χ4n) is 4.04. The van der Waals surface area contributed by atoms with Crippen molar-refractivity contribution in [3.63, 3.8) is 0 Å². The summed E-state index contributed by atoms with van der Waals surface area (Å²) in [6.45, 7) is 0. The molecule has 0 radical (unpaired) electrons. The number of amides is 1. The third-order valence-corrected chi connectivity index (χ3v) is 6.93. The minimum absolute atomic E-state index is 0.0511. The van der Waals surface area contributed by atoms with E-state index < -0.39 is 9.84 Å². The highest BCUT2D eigenvalue weighted by atomic mass is 32.2. The van der Waals surface area contributed by atoms with E-state index in [1.54, 1.807) is 0 Å². The molecule has 3 rings (SSSR count). The van der Waals surface area contributed by atoms with Crippen LogP contribution in [0, 0.1) is 5.92 Å². The smallest absolute Gasteiger partial charge is 0.226 e. The van der Waals surface area contributed by atoms with Crippen LogP contribution in [0.15, 0.2) is 12.2 Å². The molecular formula is C16H25NO3S. The lowest BCUT2D eigenvalue weighted by molar-refractivity contribution is -0.140. The molecule has 2 aliphatic carbocycles. The fraction of sp³-hybridized carbons (Fsp3) is 0.812. The maximum Gasteiger partial charge on any atom is 0.226 e. The van der Waals surface area contributed by atoms with Gasteiger partial charge in [-0.3, -0.25) is 4.79 Å². The molecule has 1 saturated carbocycles. The molecule has 21 heavy (non-hydrogen) atoms. The molecule has 3 aliphatic rings. The summed E-state index contributed by atoms with van der Waals surface area (Å²) in [6.07, 6.45) is 12.1. The van der Waals surface area contributed by atoms with Crippen LogP contribution in [0.5, 0.6) is 0 Å². The fourth-order valence-corrected chi connectivity index (χ4v) is 5.75. The van der Waals surface area contributed by atoms with Crippen molar-refractivity contribution < 1.29 is 13.2 Å². The second-order valence-electron chi connectivity index (χ2n) is 6.73. The van der Waals surface area contributed by atoms with E-state index in [2.05, 4.69) is 12.2 Å². The molecule has 0 unspecified atom stereocenters. The maximum absolute atomic E-state index is 12.9. The number of rotatable bonds is 3. The lowest BCUT2D eigenvalue weighted by Gasteiger charge is -2.39. The monoisotopic (exact) mass is 311 g/mol. The van der Waals surface area contributed by atoms with Crippen LogP contribution in [-0.4, -0.2) is 42.8 Å². The molecule has 4 nitrogen and oxygen atoms in total. The molecule has 5 heteroatoms. The summed E-state index contributed by atoms with van der Waals surface area (Å²) in [7, 11) is -2.95. The average Bonchev–Trinajstić information content (AvgIpc) is 3.10. The van der Waals surface area contributed by atoms with Gasteiger partial charge in [0.2, 0.25) is 5.91 Å². The largest absolute Gasteiger partial charge is 0.335 e. The van der Waals surface area contributed by atoms with Crippen molar-refractivity contribution in [3.05, 3.63) is 12.2 Å². The zero-order valence-electron chi connectivity index (χ0n) is 12.5. The molecule has 118 valence electrons. The summed E-state index contributed by atoms with van der Waals surface area (Å²) >= 11 is 0. The maximum atomic E-state index is 12.9. The molecule has 1 aliphatic heterocycles. The Morgan fingerprint density at radius 2 is 1.62 bits per heavy atom. The summed E-state index contributed by atoms with van der Waals surface area (Å²) in [4.78, 5) is 14.9. The second kappa shape index (κ2) is 6.11. The lowest BCUT2D eigenvalue weighted by atomic mass is 9.91. The van der Waals surface area contributed by atoms with Crippen molar-refractivity contribution in [2.24, 2.45) is 5.92 Å². The molecule has 1 heterocycles. The molecular weight excluding hydrogens is 286 g/mol. The zero-order valence-corrected chi connectivity index (χ0v) is 13.4. The van der Waals surface area contributed by atoms with Crippen molar-refractivity contribution in [3.8, 4) is 0 Å². The van der Waals surface area contributed by atoms with Crippen LogP contribution in [0.4, 0.5) is 0 Å². The molecule has 1 amide bonds. The van der Waals surface area contributed by atoms with Crippen LogP contribution in [0.25, 0.3) is 0 Å². The highest BCUT2D eigenvalue weighted by Crippen LogP contribution is 2.31. The Balaban J connectivity index is 1.78. The summed E-state index contributed by atoms with van der Waals surface area (Å²) in [5.74, 6) is 0.677. The first-order chi connectivity index (χ1) is 10.1. The van der Waals surface area contributed by atoms with E-state index in [4.69, 9.17) is 0 Å². The van der Waals surface area contributed by atoms with Gasteiger partial charge in [-0.15, -0.1) is 0 Å². The first kappa shape index (κ1) is 15.1. The topological polar surface area (TPSA) is 54.5 Å². The summed E-state index contributed by atoms with van der Waals surface area (Å²) in [6, 6.07) is 0.191. The molecule has 0 bridgehead atoms. The molecule has 1 atom stereocenters. The van der Waals surface area contributed by atoms with Gasteiger partial charge in [0.1, 0.15) is 0 Å². The van der Waals surface area contributed by atoms with Crippen LogP contribution in [-0.2, 0) is 14.6 Å². The predicted octanol–water partition coefficient (Wildman–Crippen LogP) is 2.30. The van der Waals surface area contributed by atoms with Crippen molar-refractivity contribution in [2.75, 3.05) is 11.5 Å². The number of carbonyl (C=O) groups excluding carboxylic acids is 1. The van der Waals surface area contributed by atoms with Crippen LogP contribution >= 0.6 is 0 Å². The number of hydrogen-bond acceptors (Lipinski definition) is 3. The molecule has 0 aromatic rings. The minimum atomic E-state index is -2.95. The van der Waals surface area contributed by atoms with Crippen molar-refractivity contribution >= 4 is 15.7 Å². The van der Waals surface area contributed by atoms with E-state index in [9.17, 15) is 13.2 Å². The highest BCUT2D eigenvalue weighted by molar-refractivity contribution is 7.91. The number of hydrogen-bond donors (Lipinski definition) is 0. The second-order valence-corrected chi connectivity index (χ2v) is 8.96. The van der Waals surface area contributed by atoms with Crippen LogP contribution < -0.4 is 0 Å². The molecule has 0 aromatic heterocycles. The van der Waals surface area contributed by atoms with E-state index in [1.807, 2.05) is 4.90 Å². The van der Waals surface area contributed by atoms with Gasteiger partial charge in [0.05, 0.1) is 11.5 Å². The Morgan fingerprint density at radius 3 is 2.19 bits per heavy atom. The molecule has 0 spiro atoms. The zero-order chi connectivity index (χ0) is 14.9. The predicted molar refractivity (Wildman–Crippen MR) is 82.6 cm³/mol. The molecule has 1 saturated heterocycles. The number of sulfone groups is 1. The van der Waals surface area contributed by atoms with Crippen molar-refractivity contribution in [1.82, 2.24) is 4.90 Å². The standard InChI is InChI=1S/C16H25NO3S/c18-16(13-6-4-5-7-13)17(14-8-2-1-3-9-14)15-10-11-21(19,20)12-15/h4-5,13-15H,1-3,6-12H2/t15-/m0/s1. The number of carbonyl (C=O) groups is 1. The van der Waals surface area contributed by atoms with Crippen LogP contribution in [0.1, 0.15) is 51.4 Å². The Kier molecular flexibility index (Phi) is 4.38. The third kappa shape index (κ3) is 3.33. The normalized spacial score (nSPS) is 29.8. The Hall–Kier alpha value is -0.840. The van der Waals surface area contributed by atoms with Gasteiger partial charge in [-0.25, -0.2) is 8.42 Å². The highest BCUT2D eigenvalue weighted by Gasteiger charge is 2.40. The molecule has 2 fully saturated rings. The first-order valence-electron chi connectivity index (χ1n) is 8.24. The van der Waals surface area contributed by atoms with E-state index in [1.165, 1.54) is 6.42 Å². The van der Waals surface area contributed by atoms with Crippen molar-refractivity contribution in [2.45, 2.75) is 63.5 Å². The SMILES string of the molecule is O=C(C1CC=CC1)N(C1CCCCC1)[C@H]1CCS(=O)(=O)C1. The Morgan fingerprint density at radius 1 is 0.952 bits per heavy atom. The van der Waals surface area contributed by atoms with Gasteiger partial charge in [0.15, 0.2) is 9.84 Å².